The maximum atomic E-state index is 11.4. The van der Waals surface area contributed by atoms with Crippen LogP contribution in [0.3, 0.4) is 0 Å². The third kappa shape index (κ3) is 4.20. The Bertz CT molecular complexity index is 855. The zero-order valence-corrected chi connectivity index (χ0v) is 14.1. The number of rotatable bonds is 6. The van der Waals surface area contributed by atoms with Crippen molar-refractivity contribution in [3.63, 3.8) is 0 Å². The maximum Gasteiger partial charge on any atom is 0.330 e. The summed E-state index contributed by atoms with van der Waals surface area (Å²) >= 11 is 1.51. The molecule has 0 aliphatic heterocycles. The van der Waals surface area contributed by atoms with Crippen molar-refractivity contribution in [3.8, 4) is 5.75 Å². The highest BCUT2D eigenvalue weighted by Gasteiger charge is 2.05. The molecule has 3 rings (SSSR count). The Morgan fingerprint density at radius 2 is 2.04 bits per heavy atom. The lowest BCUT2D eigenvalue weighted by atomic mass is 10.2. The van der Waals surface area contributed by atoms with Gasteiger partial charge in [-0.2, -0.15) is 0 Å². The van der Waals surface area contributed by atoms with Gasteiger partial charge in [0.1, 0.15) is 17.4 Å². The van der Waals surface area contributed by atoms with Crippen LogP contribution in [-0.2, 0) is 16.1 Å². The zero-order chi connectivity index (χ0) is 16.8. The quantitative estimate of drug-likeness (QED) is 0.492. The van der Waals surface area contributed by atoms with Crippen LogP contribution in [0.4, 0.5) is 0 Å². The molecule has 3 aromatic rings. The predicted molar refractivity (Wildman–Crippen MR) is 96.1 cm³/mol. The van der Waals surface area contributed by atoms with Crippen molar-refractivity contribution in [2.75, 3.05) is 6.61 Å². The molecule has 0 aliphatic carbocycles. The van der Waals surface area contributed by atoms with Crippen LogP contribution in [0.2, 0.25) is 0 Å². The van der Waals surface area contributed by atoms with Crippen molar-refractivity contribution in [1.29, 1.82) is 0 Å². The number of hydrogen-bond donors (Lipinski definition) is 0. The first-order valence-electron chi connectivity index (χ1n) is 7.67. The van der Waals surface area contributed by atoms with E-state index in [1.54, 1.807) is 13.0 Å². The van der Waals surface area contributed by atoms with Crippen molar-refractivity contribution in [1.82, 2.24) is 4.98 Å². The molecule has 0 saturated carbocycles. The summed E-state index contributed by atoms with van der Waals surface area (Å²) in [6.45, 7) is 2.67. The van der Waals surface area contributed by atoms with Gasteiger partial charge in [-0.05, 0) is 36.8 Å². The Morgan fingerprint density at radius 3 is 2.83 bits per heavy atom. The van der Waals surface area contributed by atoms with E-state index in [4.69, 9.17) is 9.47 Å². The minimum atomic E-state index is -0.358. The molecule has 0 unspecified atom stereocenters. The normalized spacial score (nSPS) is 11.0. The number of carbonyl (C=O) groups excluding carboxylic acids is 1. The van der Waals surface area contributed by atoms with Gasteiger partial charge in [0.2, 0.25) is 0 Å². The first-order chi connectivity index (χ1) is 11.7. The van der Waals surface area contributed by atoms with Crippen molar-refractivity contribution in [2.24, 2.45) is 0 Å². The third-order valence-corrected chi connectivity index (χ3v) is 4.26. The Labute approximate surface area is 144 Å². The number of ether oxygens (including phenoxy) is 2. The van der Waals surface area contributed by atoms with Crippen LogP contribution in [0.25, 0.3) is 16.3 Å². The smallest absolute Gasteiger partial charge is 0.330 e. The lowest BCUT2D eigenvalue weighted by Gasteiger charge is -2.05. The monoisotopic (exact) mass is 339 g/mol. The van der Waals surface area contributed by atoms with E-state index in [0.29, 0.717) is 13.2 Å². The van der Waals surface area contributed by atoms with Crippen LogP contribution in [0.5, 0.6) is 5.75 Å². The first kappa shape index (κ1) is 16.2. The van der Waals surface area contributed by atoms with Crippen LogP contribution in [-0.4, -0.2) is 17.6 Å². The molecule has 24 heavy (non-hydrogen) atoms. The molecule has 0 N–H and O–H groups in total. The number of esters is 1. The second-order valence-corrected chi connectivity index (χ2v) is 6.10. The van der Waals surface area contributed by atoms with E-state index < -0.39 is 0 Å². The van der Waals surface area contributed by atoms with Gasteiger partial charge in [0, 0.05) is 6.08 Å². The van der Waals surface area contributed by atoms with E-state index in [1.807, 2.05) is 48.5 Å². The average Bonchev–Trinajstić information content (AvgIpc) is 3.01. The molecule has 0 atom stereocenters. The number of nitrogens with zero attached hydrogens (tertiary/aromatic N) is 1. The van der Waals surface area contributed by atoms with E-state index in [-0.39, 0.29) is 5.97 Å². The highest BCUT2D eigenvalue weighted by Crippen LogP contribution is 2.27. The fraction of sp³-hybridized carbons (Fsp3) is 0.158. The molecule has 0 aliphatic rings. The average molecular weight is 339 g/mol. The van der Waals surface area contributed by atoms with Crippen molar-refractivity contribution < 1.29 is 14.3 Å². The fourth-order valence-corrected chi connectivity index (χ4v) is 3.05. The van der Waals surface area contributed by atoms with Gasteiger partial charge in [0.15, 0.2) is 0 Å². The molecular weight excluding hydrogens is 322 g/mol. The topological polar surface area (TPSA) is 48.4 Å². The van der Waals surface area contributed by atoms with E-state index >= 15 is 0 Å². The summed E-state index contributed by atoms with van der Waals surface area (Å²) in [5.74, 6) is 0.444. The first-order valence-corrected chi connectivity index (χ1v) is 8.48. The van der Waals surface area contributed by atoms with Crippen molar-refractivity contribution in [2.45, 2.75) is 13.5 Å². The van der Waals surface area contributed by atoms with E-state index in [1.165, 1.54) is 17.4 Å². The number of hydrogen-bond acceptors (Lipinski definition) is 5. The summed E-state index contributed by atoms with van der Waals surface area (Å²) < 4.78 is 11.7. The fourth-order valence-electron chi connectivity index (χ4n) is 2.15. The number of fused-ring (bicyclic) bond motifs is 1. The minimum Gasteiger partial charge on any atom is -0.489 e. The van der Waals surface area contributed by atoms with E-state index in [2.05, 4.69) is 4.98 Å². The number of carbonyl (C=O) groups is 1. The maximum absolute atomic E-state index is 11.4. The Hall–Kier alpha value is -2.66. The van der Waals surface area contributed by atoms with Gasteiger partial charge in [-0.15, -0.1) is 11.3 Å². The van der Waals surface area contributed by atoms with E-state index in [9.17, 15) is 4.79 Å². The highest BCUT2D eigenvalue weighted by atomic mass is 32.1. The zero-order valence-electron chi connectivity index (χ0n) is 13.3. The Kier molecular flexibility index (Phi) is 5.23. The molecule has 122 valence electrons. The summed E-state index contributed by atoms with van der Waals surface area (Å²) in [5.41, 5.74) is 2.01. The molecule has 5 heteroatoms. The van der Waals surface area contributed by atoms with Crippen LogP contribution in [0, 0.1) is 0 Å². The van der Waals surface area contributed by atoms with Crippen molar-refractivity contribution in [3.05, 3.63) is 65.2 Å². The number of aromatic nitrogens is 1. The summed E-state index contributed by atoms with van der Waals surface area (Å²) in [6, 6.07) is 15.8. The molecule has 0 spiro atoms. The SMILES string of the molecule is CCOC(=O)C=Cc1nc2ccc(OCc3ccccc3)cc2s1. The third-order valence-electron chi connectivity index (χ3n) is 3.27. The molecule has 0 fully saturated rings. The summed E-state index contributed by atoms with van der Waals surface area (Å²) in [4.78, 5) is 15.8. The van der Waals surface area contributed by atoms with Gasteiger partial charge in [-0.3, -0.25) is 0 Å². The molecular formula is C19H17NO3S. The summed E-state index contributed by atoms with van der Waals surface area (Å²) in [6.07, 6.45) is 3.07. The molecule has 1 aromatic heterocycles. The second kappa shape index (κ2) is 7.75. The molecule has 0 amide bonds. The van der Waals surface area contributed by atoms with Gasteiger partial charge < -0.3 is 9.47 Å². The van der Waals surface area contributed by atoms with Crippen LogP contribution >= 0.6 is 11.3 Å². The number of thiazole rings is 1. The molecule has 0 saturated heterocycles. The van der Waals surface area contributed by atoms with Crippen molar-refractivity contribution >= 4 is 33.6 Å². The van der Waals surface area contributed by atoms with Crippen LogP contribution in [0.15, 0.2) is 54.6 Å². The van der Waals surface area contributed by atoms with E-state index in [0.717, 1.165) is 26.5 Å². The second-order valence-electron chi connectivity index (χ2n) is 5.04. The van der Waals surface area contributed by atoms with Gasteiger partial charge in [-0.25, -0.2) is 9.78 Å². The predicted octanol–water partition coefficient (Wildman–Crippen LogP) is 4.45. The Morgan fingerprint density at radius 1 is 1.21 bits per heavy atom. The van der Waals surface area contributed by atoms with Crippen LogP contribution in [0.1, 0.15) is 17.5 Å². The molecule has 2 aromatic carbocycles. The molecule has 0 bridgehead atoms. The molecule has 1 heterocycles. The Balaban J connectivity index is 1.70. The minimum absolute atomic E-state index is 0.358. The largest absolute Gasteiger partial charge is 0.489 e. The molecule has 0 radical (unpaired) electrons. The van der Waals surface area contributed by atoms with Gasteiger partial charge in [0.05, 0.1) is 16.8 Å². The summed E-state index contributed by atoms with van der Waals surface area (Å²) in [5, 5.41) is 0.762. The lowest BCUT2D eigenvalue weighted by Crippen LogP contribution is -1.98. The summed E-state index contributed by atoms with van der Waals surface area (Å²) in [7, 11) is 0. The molecule has 4 nitrogen and oxygen atoms in total. The van der Waals surface area contributed by atoms with Gasteiger partial charge >= 0.3 is 5.97 Å². The van der Waals surface area contributed by atoms with Gasteiger partial charge in [-0.1, -0.05) is 30.3 Å². The lowest BCUT2D eigenvalue weighted by molar-refractivity contribution is -0.137. The highest BCUT2D eigenvalue weighted by molar-refractivity contribution is 7.19. The van der Waals surface area contributed by atoms with Crippen LogP contribution < -0.4 is 4.74 Å². The number of benzene rings is 2. The van der Waals surface area contributed by atoms with Gasteiger partial charge in [0.25, 0.3) is 0 Å². The standard InChI is InChI=1S/C19H17NO3S/c1-2-22-19(21)11-10-18-20-16-9-8-15(12-17(16)24-18)23-13-14-6-4-3-5-7-14/h3-12H,2,13H2,1H3.